The van der Waals surface area contributed by atoms with Crippen LogP contribution in [-0.4, -0.2) is 36.0 Å². The average molecular weight is 350 g/mol. The zero-order chi connectivity index (χ0) is 17.1. The molecule has 0 bridgehead atoms. The van der Waals surface area contributed by atoms with Crippen LogP contribution in [0.3, 0.4) is 0 Å². The molecule has 5 nitrogen and oxygen atoms in total. The highest BCUT2D eigenvalue weighted by Crippen LogP contribution is 2.32. The summed E-state index contributed by atoms with van der Waals surface area (Å²) >= 11 is 6.02. The molecule has 1 aliphatic heterocycles. The molecule has 2 N–H and O–H groups in total. The van der Waals surface area contributed by atoms with Crippen molar-refractivity contribution in [2.24, 2.45) is 5.92 Å². The maximum atomic E-state index is 12.2. The predicted molar refractivity (Wildman–Crippen MR) is 93.9 cm³/mol. The largest absolute Gasteiger partial charge is 0.339 e. The number of halogens is 1. The first-order valence-corrected chi connectivity index (χ1v) is 9.04. The van der Waals surface area contributed by atoms with E-state index in [9.17, 15) is 9.59 Å². The van der Waals surface area contributed by atoms with Gasteiger partial charge in [0.15, 0.2) is 0 Å². The Kier molecular flexibility index (Phi) is 5.29. The summed E-state index contributed by atoms with van der Waals surface area (Å²) in [4.78, 5) is 26.1. The summed E-state index contributed by atoms with van der Waals surface area (Å²) in [7, 11) is 0. The number of rotatable bonds is 6. The summed E-state index contributed by atoms with van der Waals surface area (Å²) in [5.41, 5.74) is 0.996. The Balaban J connectivity index is 1.47. The van der Waals surface area contributed by atoms with E-state index in [0.717, 1.165) is 31.4 Å². The lowest BCUT2D eigenvalue weighted by Gasteiger charge is -2.19. The molecule has 3 rings (SSSR count). The number of carbonyl (C=O) groups excluding carboxylic acids is 2. The molecule has 1 aromatic rings. The van der Waals surface area contributed by atoms with Crippen molar-refractivity contribution in [1.82, 2.24) is 15.5 Å². The van der Waals surface area contributed by atoms with Crippen LogP contribution in [-0.2, 0) is 4.79 Å². The van der Waals surface area contributed by atoms with Gasteiger partial charge >= 0.3 is 6.03 Å². The summed E-state index contributed by atoms with van der Waals surface area (Å²) in [6, 6.07) is 7.74. The van der Waals surface area contributed by atoms with Crippen molar-refractivity contribution in [1.29, 1.82) is 0 Å². The van der Waals surface area contributed by atoms with Crippen LogP contribution in [0.25, 0.3) is 0 Å². The summed E-state index contributed by atoms with van der Waals surface area (Å²) in [5.74, 6) is 0.449. The molecule has 0 radical (unpaired) electrons. The Labute approximate surface area is 147 Å². The standard InChI is InChI=1S/C18H24ClN3O2/c1-2-16(13-4-3-5-14(19)9-13)21-18(24)20-10-12-8-17(23)22(11-12)15-6-7-15/h3-5,9,12,15-16H,2,6-8,10-11H2,1H3,(H2,20,21,24)/t12-,16+/m0/s1. The van der Waals surface area contributed by atoms with Gasteiger partial charge in [0.1, 0.15) is 0 Å². The molecular weight excluding hydrogens is 326 g/mol. The topological polar surface area (TPSA) is 61.4 Å². The van der Waals surface area contributed by atoms with E-state index in [1.54, 1.807) is 0 Å². The van der Waals surface area contributed by atoms with Crippen LogP contribution in [0.5, 0.6) is 0 Å². The molecule has 3 amide bonds. The molecule has 0 aromatic heterocycles. The Morgan fingerprint density at radius 2 is 2.21 bits per heavy atom. The van der Waals surface area contributed by atoms with Crippen LogP contribution < -0.4 is 10.6 Å². The molecule has 0 spiro atoms. The summed E-state index contributed by atoms with van der Waals surface area (Å²) < 4.78 is 0. The molecule has 24 heavy (non-hydrogen) atoms. The summed E-state index contributed by atoms with van der Waals surface area (Å²) in [6.45, 7) is 3.33. The minimum Gasteiger partial charge on any atom is -0.339 e. The number of hydrogen-bond donors (Lipinski definition) is 2. The first-order chi connectivity index (χ1) is 11.6. The highest BCUT2D eigenvalue weighted by atomic mass is 35.5. The second-order valence-electron chi connectivity index (χ2n) is 6.72. The molecule has 6 heteroatoms. The van der Waals surface area contributed by atoms with Gasteiger partial charge in [-0.1, -0.05) is 30.7 Å². The molecule has 2 fully saturated rings. The van der Waals surface area contributed by atoms with Gasteiger partial charge in [-0.2, -0.15) is 0 Å². The van der Waals surface area contributed by atoms with Gasteiger partial charge in [0.25, 0.3) is 0 Å². The van der Waals surface area contributed by atoms with E-state index >= 15 is 0 Å². The van der Waals surface area contributed by atoms with Gasteiger partial charge in [0, 0.05) is 36.5 Å². The molecule has 1 saturated heterocycles. The van der Waals surface area contributed by atoms with E-state index in [1.165, 1.54) is 0 Å². The van der Waals surface area contributed by atoms with Crippen molar-refractivity contribution in [3.63, 3.8) is 0 Å². The predicted octanol–water partition coefficient (Wildman–Crippen LogP) is 3.10. The molecule has 130 valence electrons. The molecule has 2 atom stereocenters. The normalized spacial score (nSPS) is 21.7. The molecule has 2 aliphatic rings. The van der Waals surface area contributed by atoms with Gasteiger partial charge in [0.05, 0.1) is 6.04 Å². The Hall–Kier alpha value is -1.75. The highest BCUT2D eigenvalue weighted by Gasteiger charge is 2.39. The third kappa shape index (κ3) is 4.20. The van der Waals surface area contributed by atoms with Gasteiger partial charge in [-0.25, -0.2) is 4.79 Å². The van der Waals surface area contributed by atoms with Crippen LogP contribution in [0.2, 0.25) is 5.02 Å². The van der Waals surface area contributed by atoms with Crippen molar-refractivity contribution >= 4 is 23.5 Å². The SMILES string of the molecule is CC[C@@H](NC(=O)NC[C@@H]1CC(=O)N(C2CC2)C1)c1cccc(Cl)c1. The zero-order valence-electron chi connectivity index (χ0n) is 13.9. The Morgan fingerprint density at radius 3 is 2.88 bits per heavy atom. The summed E-state index contributed by atoms with van der Waals surface area (Å²) in [6.07, 6.45) is 3.59. The van der Waals surface area contributed by atoms with Crippen molar-refractivity contribution in [3.05, 3.63) is 34.9 Å². The molecule has 1 saturated carbocycles. The van der Waals surface area contributed by atoms with Crippen molar-refractivity contribution in [2.45, 2.75) is 44.7 Å². The number of amides is 3. The third-order valence-electron chi connectivity index (χ3n) is 4.74. The minimum atomic E-state index is -0.195. The number of nitrogens with one attached hydrogen (secondary N) is 2. The second kappa shape index (κ2) is 7.43. The number of likely N-dealkylation sites (tertiary alicyclic amines) is 1. The number of hydrogen-bond acceptors (Lipinski definition) is 2. The van der Waals surface area contributed by atoms with Crippen LogP contribution in [0.1, 0.15) is 44.2 Å². The lowest BCUT2D eigenvalue weighted by Crippen LogP contribution is -2.40. The Bertz CT molecular complexity index is 618. The summed E-state index contributed by atoms with van der Waals surface area (Å²) in [5, 5.41) is 6.56. The number of urea groups is 1. The van der Waals surface area contributed by atoms with Crippen molar-refractivity contribution in [3.8, 4) is 0 Å². The molecule has 1 heterocycles. The van der Waals surface area contributed by atoms with E-state index in [1.807, 2.05) is 36.1 Å². The maximum absolute atomic E-state index is 12.2. The molecule has 0 unspecified atom stereocenters. The van der Waals surface area contributed by atoms with Crippen LogP contribution in [0.4, 0.5) is 4.79 Å². The lowest BCUT2D eigenvalue weighted by molar-refractivity contribution is -0.128. The molecule has 1 aliphatic carbocycles. The first-order valence-electron chi connectivity index (χ1n) is 8.66. The van der Waals surface area contributed by atoms with E-state index in [2.05, 4.69) is 10.6 Å². The van der Waals surface area contributed by atoms with Gasteiger partial charge < -0.3 is 15.5 Å². The maximum Gasteiger partial charge on any atom is 0.315 e. The monoisotopic (exact) mass is 349 g/mol. The molecule has 1 aromatic carbocycles. The quantitative estimate of drug-likeness (QED) is 0.829. The van der Waals surface area contributed by atoms with E-state index in [0.29, 0.717) is 24.0 Å². The van der Waals surface area contributed by atoms with Crippen molar-refractivity contribution < 1.29 is 9.59 Å². The first kappa shape index (κ1) is 17.1. The van der Waals surface area contributed by atoms with Gasteiger partial charge in [-0.15, -0.1) is 0 Å². The number of carbonyl (C=O) groups is 2. The van der Waals surface area contributed by atoms with Crippen LogP contribution in [0.15, 0.2) is 24.3 Å². The van der Waals surface area contributed by atoms with E-state index in [-0.39, 0.29) is 23.9 Å². The minimum absolute atomic E-state index is 0.0723. The van der Waals surface area contributed by atoms with E-state index in [4.69, 9.17) is 11.6 Å². The van der Waals surface area contributed by atoms with Crippen molar-refractivity contribution in [2.75, 3.05) is 13.1 Å². The average Bonchev–Trinajstić information content (AvgIpc) is 3.33. The zero-order valence-corrected chi connectivity index (χ0v) is 14.7. The fourth-order valence-corrected chi connectivity index (χ4v) is 3.47. The Morgan fingerprint density at radius 1 is 1.42 bits per heavy atom. The third-order valence-corrected chi connectivity index (χ3v) is 4.98. The second-order valence-corrected chi connectivity index (χ2v) is 7.15. The van der Waals surface area contributed by atoms with Crippen LogP contribution >= 0.6 is 11.6 Å². The fraction of sp³-hybridized carbons (Fsp3) is 0.556. The van der Waals surface area contributed by atoms with E-state index < -0.39 is 0 Å². The van der Waals surface area contributed by atoms with Gasteiger partial charge in [-0.05, 0) is 37.0 Å². The fourth-order valence-electron chi connectivity index (χ4n) is 3.28. The molecular formula is C18H24ClN3O2. The van der Waals surface area contributed by atoms with Gasteiger partial charge in [-0.3, -0.25) is 4.79 Å². The number of benzene rings is 1. The lowest BCUT2D eigenvalue weighted by atomic mass is 10.0. The smallest absolute Gasteiger partial charge is 0.315 e. The highest BCUT2D eigenvalue weighted by molar-refractivity contribution is 6.30. The van der Waals surface area contributed by atoms with Gasteiger partial charge in [0.2, 0.25) is 5.91 Å². The van der Waals surface area contributed by atoms with Crippen LogP contribution in [0, 0.1) is 5.92 Å². The number of nitrogens with zero attached hydrogens (tertiary/aromatic N) is 1.